The van der Waals surface area contributed by atoms with Crippen LogP contribution in [0, 0.1) is 0 Å². The van der Waals surface area contributed by atoms with E-state index in [1.54, 1.807) is 18.3 Å². The van der Waals surface area contributed by atoms with Crippen LogP contribution in [0.1, 0.15) is 16.6 Å². The fourth-order valence-electron chi connectivity index (χ4n) is 1.21. The number of thiophene rings is 2. The van der Waals surface area contributed by atoms with E-state index >= 15 is 0 Å². The van der Waals surface area contributed by atoms with Gasteiger partial charge in [0.2, 0.25) is 0 Å². The monoisotopic (exact) mass is 208 g/mol. The van der Waals surface area contributed by atoms with Gasteiger partial charge in [0, 0.05) is 10.4 Å². The molecule has 2 aromatic rings. The molecule has 0 saturated carbocycles. The molecule has 0 spiro atoms. The number of hydrogen-bond donors (Lipinski definition) is 0. The van der Waals surface area contributed by atoms with Gasteiger partial charge >= 0.3 is 0 Å². The molecule has 66 valence electrons. The number of rotatable bonds is 2. The lowest BCUT2D eigenvalue weighted by atomic mass is 10.2. The van der Waals surface area contributed by atoms with Crippen molar-refractivity contribution in [2.45, 2.75) is 6.92 Å². The Morgan fingerprint density at radius 1 is 1.23 bits per heavy atom. The third-order valence-electron chi connectivity index (χ3n) is 1.77. The molecule has 0 fully saturated rings. The van der Waals surface area contributed by atoms with Gasteiger partial charge in [-0.25, -0.2) is 0 Å². The summed E-state index contributed by atoms with van der Waals surface area (Å²) in [5.74, 6) is 0.151. The molecule has 0 aromatic carbocycles. The lowest BCUT2D eigenvalue weighted by Crippen LogP contribution is -1.88. The maximum absolute atomic E-state index is 11.2. The Labute approximate surface area is 84.7 Å². The molecular formula is C10H8OS2. The third-order valence-corrected chi connectivity index (χ3v) is 3.69. The van der Waals surface area contributed by atoms with E-state index < -0.39 is 0 Å². The molecule has 2 rings (SSSR count). The van der Waals surface area contributed by atoms with Crippen molar-refractivity contribution < 1.29 is 4.79 Å². The lowest BCUT2D eigenvalue weighted by molar-refractivity contribution is 0.102. The Kier molecular flexibility index (Phi) is 2.29. The van der Waals surface area contributed by atoms with E-state index in [0.29, 0.717) is 0 Å². The standard InChI is InChI=1S/C10H8OS2/c1-7(11)10-8(4-6-13-10)9-3-2-5-12-9/h2-6H,1H3. The maximum atomic E-state index is 11.2. The minimum absolute atomic E-state index is 0.151. The van der Waals surface area contributed by atoms with Crippen LogP contribution in [0.15, 0.2) is 29.0 Å². The molecule has 2 heterocycles. The van der Waals surface area contributed by atoms with Crippen LogP contribution in [0.3, 0.4) is 0 Å². The van der Waals surface area contributed by atoms with Crippen molar-refractivity contribution in [1.82, 2.24) is 0 Å². The van der Waals surface area contributed by atoms with E-state index in [0.717, 1.165) is 10.4 Å². The summed E-state index contributed by atoms with van der Waals surface area (Å²) in [4.78, 5) is 13.3. The number of carbonyl (C=O) groups is 1. The van der Waals surface area contributed by atoms with E-state index in [2.05, 4.69) is 0 Å². The van der Waals surface area contributed by atoms with Crippen molar-refractivity contribution in [1.29, 1.82) is 0 Å². The van der Waals surface area contributed by atoms with Crippen molar-refractivity contribution >= 4 is 28.5 Å². The molecule has 0 amide bonds. The highest BCUT2D eigenvalue weighted by Crippen LogP contribution is 2.31. The Hall–Kier alpha value is -0.930. The van der Waals surface area contributed by atoms with Gasteiger partial charge in [0.1, 0.15) is 0 Å². The van der Waals surface area contributed by atoms with E-state index in [1.807, 2.05) is 29.0 Å². The molecule has 13 heavy (non-hydrogen) atoms. The first-order chi connectivity index (χ1) is 6.29. The van der Waals surface area contributed by atoms with Crippen LogP contribution in [-0.2, 0) is 0 Å². The number of Topliss-reactive ketones (excluding diaryl/α,β-unsaturated/α-hetero) is 1. The molecule has 2 aromatic heterocycles. The summed E-state index contributed by atoms with van der Waals surface area (Å²) in [7, 11) is 0. The average Bonchev–Trinajstić information content (AvgIpc) is 2.74. The van der Waals surface area contributed by atoms with Gasteiger partial charge in [-0.15, -0.1) is 22.7 Å². The fraction of sp³-hybridized carbons (Fsp3) is 0.100. The van der Waals surface area contributed by atoms with Crippen LogP contribution in [-0.4, -0.2) is 5.78 Å². The fourth-order valence-corrected chi connectivity index (χ4v) is 2.84. The van der Waals surface area contributed by atoms with Crippen molar-refractivity contribution in [3.63, 3.8) is 0 Å². The average molecular weight is 208 g/mol. The van der Waals surface area contributed by atoms with Crippen LogP contribution < -0.4 is 0 Å². The molecule has 0 aliphatic rings. The summed E-state index contributed by atoms with van der Waals surface area (Å²) in [6.45, 7) is 1.61. The second kappa shape index (κ2) is 3.44. The molecule has 0 saturated heterocycles. The van der Waals surface area contributed by atoms with Gasteiger partial charge in [0.15, 0.2) is 5.78 Å². The first kappa shape index (κ1) is 8.66. The summed E-state index contributed by atoms with van der Waals surface area (Å²) in [5.41, 5.74) is 1.08. The minimum atomic E-state index is 0.151. The number of ketones is 1. The highest BCUT2D eigenvalue weighted by Gasteiger charge is 2.10. The van der Waals surface area contributed by atoms with Crippen molar-refractivity contribution in [3.05, 3.63) is 33.8 Å². The predicted octanol–water partition coefficient (Wildman–Crippen LogP) is 3.68. The second-order valence-corrected chi connectivity index (χ2v) is 4.56. The third kappa shape index (κ3) is 1.57. The van der Waals surface area contributed by atoms with E-state index in [1.165, 1.54) is 16.2 Å². The largest absolute Gasteiger partial charge is 0.294 e. The molecule has 0 aliphatic heterocycles. The highest BCUT2D eigenvalue weighted by atomic mass is 32.1. The van der Waals surface area contributed by atoms with E-state index in [9.17, 15) is 4.79 Å². The van der Waals surface area contributed by atoms with Gasteiger partial charge in [0.25, 0.3) is 0 Å². The molecule has 0 radical (unpaired) electrons. The van der Waals surface area contributed by atoms with Crippen molar-refractivity contribution in [2.75, 3.05) is 0 Å². The van der Waals surface area contributed by atoms with Crippen molar-refractivity contribution in [2.24, 2.45) is 0 Å². The predicted molar refractivity (Wildman–Crippen MR) is 57.6 cm³/mol. The maximum Gasteiger partial charge on any atom is 0.170 e. The molecular weight excluding hydrogens is 200 g/mol. The first-order valence-corrected chi connectivity index (χ1v) is 5.67. The first-order valence-electron chi connectivity index (χ1n) is 3.91. The zero-order valence-corrected chi connectivity index (χ0v) is 8.74. The van der Waals surface area contributed by atoms with Gasteiger partial charge < -0.3 is 0 Å². The van der Waals surface area contributed by atoms with Gasteiger partial charge in [-0.2, -0.15) is 0 Å². The number of carbonyl (C=O) groups excluding carboxylic acids is 1. The van der Waals surface area contributed by atoms with Crippen molar-refractivity contribution in [3.8, 4) is 10.4 Å². The molecule has 3 heteroatoms. The van der Waals surface area contributed by atoms with Gasteiger partial charge in [-0.05, 0) is 29.8 Å². The Morgan fingerprint density at radius 3 is 2.69 bits per heavy atom. The van der Waals surface area contributed by atoms with Crippen LogP contribution >= 0.6 is 22.7 Å². The van der Waals surface area contributed by atoms with Crippen LogP contribution in [0.2, 0.25) is 0 Å². The SMILES string of the molecule is CC(=O)c1sccc1-c1cccs1. The Morgan fingerprint density at radius 2 is 2.08 bits per heavy atom. The van der Waals surface area contributed by atoms with E-state index in [-0.39, 0.29) is 5.78 Å². The Balaban J connectivity index is 2.52. The zero-order chi connectivity index (χ0) is 9.26. The van der Waals surface area contributed by atoms with Crippen LogP contribution in [0.25, 0.3) is 10.4 Å². The summed E-state index contributed by atoms with van der Waals surface area (Å²) in [5, 5.41) is 3.99. The topological polar surface area (TPSA) is 17.1 Å². The molecule has 0 aliphatic carbocycles. The molecule has 1 nitrogen and oxygen atoms in total. The summed E-state index contributed by atoms with van der Waals surface area (Å²) in [6.07, 6.45) is 0. The summed E-state index contributed by atoms with van der Waals surface area (Å²) in [6, 6.07) is 6.05. The van der Waals surface area contributed by atoms with Crippen LogP contribution in [0.4, 0.5) is 0 Å². The molecule has 0 N–H and O–H groups in total. The summed E-state index contributed by atoms with van der Waals surface area (Å²) < 4.78 is 0. The smallest absolute Gasteiger partial charge is 0.170 e. The van der Waals surface area contributed by atoms with E-state index in [4.69, 9.17) is 0 Å². The normalized spacial score (nSPS) is 10.2. The lowest BCUT2D eigenvalue weighted by Gasteiger charge is -1.95. The molecule has 0 unspecified atom stereocenters. The molecule has 0 atom stereocenters. The summed E-state index contributed by atoms with van der Waals surface area (Å²) >= 11 is 3.18. The molecule has 0 bridgehead atoms. The minimum Gasteiger partial charge on any atom is -0.294 e. The van der Waals surface area contributed by atoms with Gasteiger partial charge in [0.05, 0.1) is 4.88 Å². The number of hydrogen-bond acceptors (Lipinski definition) is 3. The quantitative estimate of drug-likeness (QED) is 0.688. The second-order valence-electron chi connectivity index (χ2n) is 2.70. The zero-order valence-electron chi connectivity index (χ0n) is 7.11. The highest BCUT2D eigenvalue weighted by molar-refractivity contribution is 7.15. The van der Waals surface area contributed by atoms with Gasteiger partial charge in [-0.1, -0.05) is 6.07 Å². The Bertz CT molecular complexity index is 412. The van der Waals surface area contributed by atoms with Gasteiger partial charge in [-0.3, -0.25) is 4.79 Å². The van der Waals surface area contributed by atoms with Crippen LogP contribution in [0.5, 0.6) is 0 Å².